The first-order valence-corrected chi connectivity index (χ1v) is 14.0. The van der Waals surface area contributed by atoms with E-state index in [2.05, 4.69) is 5.32 Å². The number of aliphatic hydroxyl groups is 1. The molecule has 4 rings (SSSR count). The second kappa shape index (κ2) is 11.0. The van der Waals surface area contributed by atoms with E-state index in [1.54, 1.807) is 0 Å². The number of sulfonamides is 1. The predicted molar refractivity (Wildman–Crippen MR) is 134 cm³/mol. The minimum Gasteiger partial charge on any atom is -0.374 e. The van der Waals surface area contributed by atoms with Crippen molar-refractivity contribution >= 4 is 27.5 Å². The molecule has 2 aliphatic rings. The zero-order valence-corrected chi connectivity index (χ0v) is 21.9. The van der Waals surface area contributed by atoms with E-state index in [0.29, 0.717) is 19.3 Å². The third-order valence-corrected chi connectivity index (χ3v) is 9.44. The first-order valence-electron chi connectivity index (χ1n) is 12.6. The van der Waals surface area contributed by atoms with Crippen LogP contribution in [0.4, 0.5) is 27.6 Å². The van der Waals surface area contributed by atoms with Gasteiger partial charge in [-0.3, -0.25) is 13.9 Å². The number of carbonyl (C=O) groups is 2. The Morgan fingerprint density at radius 2 is 1.75 bits per heavy atom. The number of halogens is 5. The van der Waals surface area contributed by atoms with Crippen LogP contribution in [0.3, 0.4) is 0 Å². The Bertz CT molecular complexity index is 1390. The van der Waals surface area contributed by atoms with E-state index >= 15 is 0 Å². The van der Waals surface area contributed by atoms with Gasteiger partial charge in [-0.2, -0.15) is 13.2 Å². The normalized spacial score (nSPS) is 22.9. The number of hydrogen-bond donors (Lipinski definition) is 3. The fourth-order valence-corrected chi connectivity index (χ4v) is 7.11. The lowest BCUT2D eigenvalue weighted by Crippen LogP contribution is -2.49. The van der Waals surface area contributed by atoms with Gasteiger partial charge >= 0.3 is 6.18 Å². The lowest BCUT2D eigenvalue weighted by atomic mass is 9.88. The van der Waals surface area contributed by atoms with Gasteiger partial charge in [0, 0.05) is 12.5 Å². The number of anilines is 1. The molecule has 2 aromatic carbocycles. The Hall–Kier alpha value is -3.26. The Labute approximate surface area is 227 Å². The second-order valence-electron chi connectivity index (χ2n) is 10.1. The van der Waals surface area contributed by atoms with Crippen molar-refractivity contribution in [1.29, 1.82) is 0 Å². The number of hydrogen-bond acceptors (Lipinski definition) is 5. The molecule has 1 fully saturated rings. The number of alkyl halides is 4. The van der Waals surface area contributed by atoms with Gasteiger partial charge in [0.15, 0.2) is 0 Å². The number of nitrogens with one attached hydrogen (secondary N) is 1. The molecule has 14 heteroatoms. The topological polar surface area (TPSA) is 130 Å². The molecular weight excluding hydrogens is 561 g/mol. The minimum absolute atomic E-state index is 0.00567. The first-order chi connectivity index (χ1) is 18.7. The lowest BCUT2D eigenvalue weighted by Gasteiger charge is -2.39. The van der Waals surface area contributed by atoms with Crippen molar-refractivity contribution in [3.05, 3.63) is 59.4 Å². The number of rotatable bonds is 8. The molecule has 0 radical (unpaired) electrons. The van der Waals surface area contributed by atoms with E-state index in [0.717, 1.165) is 46.8 Å². The number of primary amides is 1. The average molecular weight is 590 g/mol. The molecular formula is C26H28F5N3O5S. The molecule has 2 aromatic rings. The van der Waals surface area contributed by atoms with Crippen LogP contribution >= 0.6 is 0 Å². The maximum absolute atomic E-state index is 13.8. The Morgan fingerprint density at radius 3 is 2.35 bits per heavy atom. The highest BCUT2D eigenvalue weighted by Gasteiger charge is 2.55. The van der Waals surface area contributed by atoms with E-state index in [9.17, 15) is 45.1 Å². The molecule has 4 N–H and O–H groups in total. The second-order valence-corrected chi connectivity index (χ2v) is 11.9. The minimum atomic E-state index is -5.34. The van der Waals surface area contributed by atoms with Crippen molar-refractivity contribution in [3.8, 4) is 0 Å². The lowest BCUT2D eigenvalue weighted by molar-refractivity contribution is -0.271. The fourth-order valence-electron chi connectivity index (χ4n) is 5.39. The molecule has 1 unspecified atom stereocenters. The molecule has 0 spiro atoms. The summed E-state index contributed by atoms with van der Waals surface area (Å²) in [5.74, 6) is -2.36. The van der Waals surface area contributed by atoms with Crippen molar-refractivity contribution in [1.82, 2.24) is 5.32 Å². The summed E-state index contributed by atoms with van der Waals surface area (Å²) in [5.41, 5.74) is 0.854. The van der Waals surface area contributed by atoms with E-state index in [1.807, 2.05) is 0 Å². The molecule has 1 aliphatic carbocycles. The summed E-state index contributed by atoms with van der Waals surface area (Å²) < 4.78 is 95.9. The van der Waals surface area contributed by atoms with Gasteiger partial charge in [0.2, 0.25) is 17.4 Å². The number of nitrogens with two attached hydrogens (primary N) is 1. The van der Waals surface area contributed by atoms with Crippen molar-refractivity contribution in [2.24, 2.45) is 11.7 Å². The predicted octanol–water partition coefficient (Wildman–Crippen LogP) is 3.22. The van der Waals surface area contributed by atoms with Gasteiger partial charge in [-0.1, -0.05) is 18.6 Å². The summed E-state index contributed by atoms with van der Waals surface area (Å²) in [7, 11) is -4.47. The van der Waals surface area contributed by atoms with Crippen LogP contribution in [0.25, 0.3) is 0 Å². The van der Waals surface area contributed by atoms with Crippen molar-refractivity contribution in [2.45, 2.75) is 67.3 Å². The molecule has 40 heavy (non-hydrogen) atoms. The van der Waals surface area contributed by atoms with Crippen molar-refractivity contribution in [2.75, 3.05) is 11.0 Å². The van der Waals surface area contributed by atoms with Gasteiger partial charge in [0.25, 0.3) is 10.0 Å². The summed E-state index contributed by atoms with van der Waals surface area (Å²) in [6.07, 6.45) is -3.98. The highest BCUT2D eigenvalue weighted by molar-refractivity contribution is 7.92. The first kappa shape index (κ1) is 29.7. The number of fused-ring (bicyclic) bond motifs is 1. The van der Waals surface area contributed by atoms with Crippen LogP contribution in [-0.4, -0.2) is 50.3 Å². The molecule has 0 saturated heterocycles. The van der Waals surface area contributed by atoms with E-state index in [1.165, 1.54) is 0 Å². The zero-order valence-electron chi connectivity index (χ0n) is 21.1. The van der Waals surface area contributed by atoms with Gasteiger partial charge in [0.1, 0.15) is 12.5 Å². The Kier molecular flexibility index (Phi) is 8.14. The number of amides is 2. The fraction of sp³-hybridized carbons (Fsp3) is 0.462. The molecule has 2 amide bonds. The standard InChI is InChI=1S/C26H28F5N3O5S/c27-14-25(37,26(29,30)31)16-5-11-22-15(12-16)4-8-18(13-23(35)33-21-3-1-2-20(21)24(32)36)34(22)40(38,39)19-9-6-17(28)7-10-19/h5-7,9-12,18,20-21,37H,1-4,8,13-14H2,(H2,32,36)(H,33,35)/t18-,20+,21-,25?/m0/s1. The number of carbonyl (C=O) groups excluding carboxylic acids is 2. The molecule has 1 heterocycles. The molecule has 0 bridgehead atoms. The summed E-state index contributed by atoms with van der Waals surface area (Å²) in [5, 5.41) is 12.8. The SMILES string of the molecule is NC(=O)[C@@H]1CCC[C@@H]1NC(=O)C[C@@H]1CCc2cc(C(O)(CF)C(F)(F)F)ccc2N1S(=O)(=O)c1ccc(F)cc1. The van der Waals surface area contributed by atoms with E-state index in [-0.39, 0.29) is 35.4 Å². The highest BCUT2D eigenvalue weighted by Crippen LogP contribution is 2.43. The zero-order chi connectivity index (χ0) is 29.5. The monoisotopic (exact) mass is 589 g/mol. The largest absolute Gasteiger partial charge is 0.424 e. The van der Waals surface area contributed by atoms with Crippen LogP contribution in [0.2, 0.25) is 0 Å². The Balaban J connectivity index is 1.72. The van der Waals surface area contributed by atoms with Crippen molar-refractivity contribution < 1.29 is 45.1 Å². The molecule has 0 aromatic heterocycles. The smallest absolute Gasteiger partial charge is 0.374 e. The third-order valence-electron chi connectivity index (χ3n) is 7.55. The van der Waals surface area contributed by atoms with Crippen LogP contribution in [0.15, 0.2) is 47.4 Å². The summed E-state index contributed by atoms with van der Waals surface area (Å²) in [6.45, 7) is -2.15. The van der Waals surface area contributed by atoms with E-state index in [4.69, 9.17) is 5.73 Å². The van der Waals surface area contributed by atoms with E-state index < -0.39 is 69.7 Å². The van der Waals surface area contributed by atoms with Crippen LogP contribution in [0, 0.1) is 11.7 Å². The molecule has 1 saturated carbocycles. The number of aryl methyl sites for hydroxylation is 1. The summed E-state index contributed by atoms with van der Waals surface area (Å²) in [4.78, 5) is 24.4. The van der Waals surface area contributed by atoms with Gasteiger partial charge < -0.3 is 16.2 Å². The van der Waals surface area contributed by atoms with Crippen LogP contribution in [0.5, 0.6) is 0 Å². The van der Waals surface area contributed by atoms with Gasteiger partial charge in [-0.25, -0.2) is 17.2 Å². The van der Waals surface area contributed by atoms with Crippen LogP contribution in [-0.2, 0) is 31.6 Å². The summed E-state index contributed by atoms with van der Waals surface area (Å²) >= 11 is 0. The maximum atomic E-state index is 13.8. The quantitative estimate of drug-likeness (QED) is 0.408. The molecule has 4 atom stereocenters. The van der Waals surface area contributed by atoms with Crippen molar-refractivity contribution in [3.63, 3.8) is 0 Å². The average Bonchev–Trinajstić information content (AvgIpc) is 3.35. The highest BCUT2D eigenvalue weighted by atomic mass is 32.2. The van der Waals surface area contributed by atoms with Crippen LogP contribution < -0.4 is 15.4 Å². The molecule has 218 valence electrons. The molecule has 1 aliphatic heterocycles. The van der Waals surface area contributed by atoms with Gasteiger partial charge in [-0.05, 0) is 67.1 Å². The molecule has 8 nitrogen and oxygen atoms in total. The van der Waals surface area contributed by atoms with Gasteiger partial charge in [0.05, 0.1) is 22.5 Å². The van der Waals surface area contributed by atoms with Crippen LogP contribution in [0.1, 0.15) is 43.2 Å². The maximum Gasteiger partial charge on any atom is 0.424 e. The third kappa shape index (κ3) is 5.51. The van der Waals surface area contributed by atoms with Gasteiger partial charge in [-0.15, -0.1) is 0 Å². The number of nitrogens with zero attached hydrogens (tertiary/aromatic N) is 1. The number of benzene rings is 2. The summed E-state index contributed by atoms with van der Waals surface area (Å²) in [6, 6.07) is 5.12. The Morgan fingerprint density at radius 1 is 1.07 bits per heavy atom.